The van der Waals surface area contributed by atoms with Gasteiger partial charge in [0.2, 0.25) is 0 Å². The molecule has 0 spiro atoms. The zero-order chi connectivity index (χ0) is 10.9. The third-order valence-electron chi connectivity index (χ3n) is 2.04. The van der Waals surface area contributed by atoms with E-state index in [-0.39, 0.29) is 6.61 Å². The highest BCUT2D eigenvalue weighted by atomic mass is 16.5. The third-order valence-corrected chi connectivity index (χ3v) is 2.04. The van der Waals surface area contributed by atoms with Crippen molar-refractivity contribution < 1.29 is 9.84 Å². The lowest BCUT2D eigenvalue weighted by Gasteiger charge is -2.08. The van der Waals surface area contributed by atoms with Gasteiger partial charge in [0.05, 0.1) is 13.2 Å². The molecule has 2 N–H and O–H groups in total. The summed E-state index contributed by atoms with van der Waals surface area (Å²) in [6, 6.07) is 1.96. The second kappa shape index (κ2) is 7.20. The van der Waals surface area contributed by atoms with Crippen molar-refractivity contribution in [3.8, 4) is 0 Å². The SMILES string of the molecule is Cc1cnccc1NCCCOCCO. The first-order valence-electron chi connectivity index (χ1n) is 5.17. The maximum Gasteiger partial charge on any atom is 0.0697 e. The molecule has 4 heteroatoms. The number of aromatic nitrogens is 1. The molecule has 0 aliphatic carbocycles. The summed E-state index contributed by atoms with van der Waals surface area (Å²) in [6.45, 7) is 4.09. The van der Waals surface area contributed by atoms with Crippen molar-refractivity contribution in [2.75, 3.05) is 31.7 Å². The number of aliphatic hydroxyl groups excluding tert-OH is 1. The average molecular weight is 210 g/mol. The maximum atomic E-state index is 8.49. The molecule has 1 heterocycles. The molecule has 0 amide bonds. The van der Waals surface area contributed by atoms with Crippen LogP contribution < -0.4 is 5.32 Å². The molecule has 0 radical (unpaired) electrons. The van der Waals surface area contributed by atoms with Gasteiger partial charge >= 0.3 is 0 Å². The van der Waals surface area contributed by atoms with Gasteiger partial charge in [-0.3, -0.25) is 4.98 Å². The van der Waals surface area contributed by atoms with E-state index in [1.165, 1.54) is 0 Å². The van der Waals surface area contributed by atoms with Gasteiger partial charge in [-0.2, -0.15) is 0 Å². The van der Waals surface area contributed by atoms with E-state index < -0.39 is 0 Å². The van der Waals surface area contributed by atoms with E-state index in [0.29, 0.717) is 13.2 Å². The summed E-state index contributed by atoms with van der Waals surface area (Å²) >= 11 is 0. The fraction of sp³-hybridized carbons (Fsp3) is 0.545. The van der Waals surface area contributed by atoms with Crippen molar-refractivity contribution in [2.24, 2.45) is 0 Å². The Hall–Kier alpha value is -1.13. The van der Waals surface area contributed by atoms with Crippen LogP contribution in [0.5, 0.6) is 0 Å². The largest absolute Gasteiger partial charge is 0.394 e. The Balaban J connectivity index is 2.12. The van der Waals surface area contributed by atoms with E-state index in [0.717, 1.165) is 24.2 Å². The molecule has 0 fully saturated rings. The minimum absolute atomic E-state index is 0.0941. The van der Waals surface area contributed by atoms with Crippen LogP contribution in [-0.4, -0.2) is 36.5 Å². The Morgan fingerprint density at radius 2 is 2.33 bits per heavy atom. The van der Waals surface area contributed by atoms with Crippen molar-refractivity contribution in [3.05, 3.63) is 24.0 Å². The van der Waals surface area contributed by atoms with Crippen LogP contribution in [0.4, 0.5) is 5.69 Å². The summed E-state index contributed by atoms with van der Waals surface area (Å²) in [4.78, 5) is 4.02. The van der Waals surface area contributed by atoms with E-state index in [9.17, 15) is 0 Å². The van der Waals surface area contributed by atoms with Crippen LogP contribution in [0.3, 0.4) is 0 Å². The molecular weight excluding hydrogens is 192 g/mol. The molecule has 4 nitrogen and oxygen atoms in total. The first kappa shape index (κ1) is 11.9. The second-order valence-electron chi connectivity index (χ2n) is 3.31. The summed E-state index contributed by atoms with van der Waals surface area (Å²) in [7, 11) is 0. The number of nitrogens with zero attached hydrogens (tertiary/aromatic N) is 1. The standard InChI is InChI=1S/C11H18N2O2/c1-10-9-12-5-3-11(10)13-4-2-7-15-8-6-14/h3,5,9,14H,2,4,6-8H2,1H3,(H,12,13). The van der Waals surface area contributed by atoms with Crippen LogP contribution in [0.2, 0.25) is 0 Å². The molecule has 0 aliphatic rings. The quantitative estimate of drug-likeness (QED) is 0.664. The lowest BCUT2D eigenvalue weighted by atomic mass is 10.2. The van der Waals surface area contributed by atoms with Crippen LogP contribution in [0, 0.1) is 6.92 Å². The van der Waals surface area contributed by atoms with Crippen molar-refractivity contribution >= 4 is 5.69 Å². The lowest BCUT2D eigenvalue weighted by molar-refractivity contribution is 0.0922. The third kappa shape index (κ3) is 4.76. The molecule has 0 aliphatic heterocycles. The molecule has 0 saturated carbocycles. The van der Waals surface area contributed by atoms with Crippen LogP contribution in [0.25, 0.3) is 0 Å². The molecule has 15 heavy (non-hydrogen) atoms. The van der Waals surface area contributed by atoms with Gasteiger partial charge in [-0.1, -0.05) is 0 Å². The number of rotatable bonds is 7. The van der Waals surface area contributed by atoms with Gasteiger partial charge in [-0.25, -0.2) is 0 Å². The Labute approximate surface area is 90.3 Å². The number of hydrogen-bond acceptors (Lipinski definition) is 4. The predicted octanol–water partition coefficient (Wildman–Crippen LogP) is 1.20. The minimum atomic E-state index is 0.0941. The van der Waals surface area contributed by atoms with Crippen molar-refractivity contribution in [1.29, 1.82) is 0 Å². The van der Waals surface area contributed by atoms with E-state index in [2.05, 4.69) is 10.3 Å². The normalized spacial score (nSPS) is 10.3. The van der Waals surface area contributed by atoms with Gasteiger partial charge in [0.1, 0.15) is 0 Å². The van der Waals surface area contributed by atoms with Crippen LogP contribution in [0.15, 0.2) is 18.5 Å². The number of ether oxygens (including phenoxy) is 1. The number of nitrogens with one attached hydrogen (secondary N) is 1. The van der Waals surface area contributed by atoms with Gasteiger partial charge in [-0.15, -0.1) is 0 Å². The van der Waals surface area contributed by atoms with E-state index >= 15 is 0 Å². The predicted molar refractivity (Wildman–Crippen MR) is 60.0 cm³/mol. The smallest absolute Gasteiger partial charge is 0.0697 e. The number of aliphatic hydroxyl groups is 1. The molecule has 0 saturated heterocycles. The Morgan fingerprint density at radius 3 is 3.07 bits per heavy atom. The zero-order valence-corrected chi connectivity index (χ0v) is 9.07. The van der Waals surface area contributed by atoms with Gasteiger partial charge < -0.3 is 15.2 Å². The minimum Gasteiger partial charge on any atom is -0.394 e. The Morgan fingerprint density at radius 1 is 1.47 bits per heavy atom. The summed E-state index contributed by atoms with van der Waals surface area (Å²) in [5.74, 6) is 0. The van der Waals surface area contributed by atoms with E-state index in [4.69, 9.17) is 9.84 Å². The molecule has 0 bridgehead atoms. The van der Waals surface area contributed by atoms with Crippen molar-refractivity contribution in [2.45, 2.75) is 13.3 Å². The maximum absolute atomic E-state index is 8.49. The number of hydrogen-bond donors (Lipinski definition) is 2. The fourth-order valence-electron chi connectivity index (χ4n) is 1.24. The molecule has 84 valence electrons. The van der Waals surface area contributed by atoms with Gasteiger partial charge in [0.15, 0.2) is 0 Å². The zero-order valence-electron chi connectivity index (χ0n) is 9.07. The van der Waals surface area contributed by atoms with Gasteiger partial charge in [-0.05, 0) is 25.0 Å². The van der Waals surface area contributed by atoms with Crippen LogP contribution >= 0.6 is 0 Å². The number of anilines is 1. The van der Waals surface area contributed by atoms with Crippen molar-refractivity contribution in [1.82, 2.24) is 4.98 Å². The summed E-state index contributed by atoms with van der Waals surface area (Å²) in [5.41, 5.74) is 2.26. The summed E-state index contributed by atoms with van der Waals surface area (Å²) < 4.78 is 5.15. The topological polar surface area (TPSA) is 54.4 Å². The molecule has 1 rings (SSSR count). The number of pyridine rings is 1. The Bertz CT molecular complexity index is 279. The number of aryl methyl sites for hydroxylation is 1. The Kier molecular flexibility index (Phi) is 5.73. The molecule has 0 unspecified atom stereocenters. The summed E-state index contributed by atoms with van der Waals surface area (Å²) in [6.07, 6.45) is 4.55. The fourth-order valence-corrected chi connectivity index (χ4v) is 1.24. The average Bonchev–Trinajstić information content (AvgIpc) is 2.25. The van der Waals surface area contributed by atoms with E-state index in [1.54, 1.807) is 6.20 Å². The van der Waals surface area contributed by atoms with Gasteiger partial charge in [0, 0.05) is 31.2 Å². The van der Waals surface area contributed by atoms with Crippen LogP contribution in [-0.2, 0) is 4.74 Å². The molecule has 1 aromatic rings. The molecular formula is C11H18N2O2. The monoisotopic (exact) mass is 210 g/mol. The molecule has 0 atom stereocenters. The first-order chi connectivity index (χ1) is 7.34. The molecule has 0 aromatic carbocycles. The van der Waals surface area contributed by atoms with Crippen molar-refractivity contribution in [3.63, 3.8) is 0 Å². The highest BCUT2D eigenvalue weighted by molar-refractivity contribution is 5.48. The van der Waals surface area contributed by atoms with Crippen LogP contribution in [0.1, 0.15) is 12.0 Å². The van der Waals surface area contributed by atoms with E-state index in [1.807, 2.05) is 19.2 Å². The lowest BCUT2D eigenvalue weighted by Crippen LogP contribution is -2.08. The summed E-state index contributed by atoms with van der Waals surface area (Å²) in [5, 5.41) is 11.8. The first-order valence-corrected chi connectivity index (χ1v) is 5.17. The highest BCUT2D eigenvalue weighted by Gasteiger charge is 1.95. The highest BCUT2D eigenvalue weighted by Crippen LogP contribution is 2.10. The second-order valence-corrected chi connectivity index (χ2v) is 3.31. The van der Waals surface area contributed by atoms with Gasteiger partial charge in [0.25, 0.3) is 0 Å². The molecule has 1 aromatic heterocycles.